The molecule has 0 bridgehead atoms. The molecule has 1 aliphatic heterocycles. The van der Waals surface area contributed by atoms with Crippen LogP contribution in [0.5, 0.6) is 0 Å². The fraction of sp³-hybridized carbons (Fsp3) is 0.487. The van der Waals surface area contributed by atoms with Gasteiger partial charge in [0.05, 0.1) is 18.8 Å². The average Bonchev–Trinajstić information content (AvgIpc) is 3.89. The molecule has 4 rings (SSSR count). The van der Waals surface area contributed by atoms with E-state index in [1.165, 1.54) is 16.7 Å². The molecule has 0 amide bonds. The van der Waals surface area contributed by atoms with E-state index in [0.717, 1.165) is 25.9 Å². The summed E-state index contributed by atoms with van der Waals surface area (Å²) in [6, 6.07) is 30.7. The van der Waals surface area contributed by atoms with Gasteiger partial charge in [-0.3, -0.25) is 0 Å². The third-order valence-corrected chi connectivity index (χ3v) is 4.31. The van der Waals surface area contributed by atoms with Crippen molar-refractivity contribution in [2.75, 3.05) is 6.61 Å². The van der Waals surface area contributed by atoms with Crippen LogP contribution in [0.1, 0.15) is 107 Å². The molecule has 3 aromatic carbocycles. The van der Waals surface area contributed by atoms with Crippen molar-refractivity contribution < 1.29 is 9.84 Å². The predicted octanol–water partition coefficient (Wildman–Crippen LogP) is 11.8. The molecule has 1 aliphatic rings. The van der Waals surface area contributed by atoms with Crippen molar-refractivity contribution in [2.45, 2.75) is 121 Å². The van der Waals surface area contributed by atoms with E-state index in [1.54, 1.807) is 6.92 Å². The second-order valence-electron chi connectivity index (χ2n) is 7.16. The summed E-state index contributed by atoms with van der Waals surface area (Å²) in [4.78, 5) is 0. The van der Waals surface area contributed by atoms with Gasteiger partial charge in [-0.1, -0.05) is 180 Å². The normalized spacial score (nSPS) is 11.5. The largest absolute Gasteiger partial charge is 0.393 e. The maximum Gasteiger partial charge on any atom is 0.0850 e. The van der Waals surface area contributed by atoms with Crippen molar-refractivity contribution in [2.24, 2.45) is 0 Å². The second kappa shape index (κ2) is 44.3. The molecule has 0 aliphatic carbocycles. The molecule has 1 saturated heterocycles. The maximum absolute atomic E-state index is 9.01. The lowest BCUT2D eigenvalue weighted by atomic mass is 10.1. The molecule has 1 N–H and O–H groups in total. The van der Waals surface area contributed by atoms with Gasteiger partial charge in [-0.2, -0.15) is 0 Å². The van der Waals surface area contributed by atoms with Crippen LogP contribution in [0, 0.1) is 0 Å². The van der Waals surface area contributed by atoms with E-state index in [-0.39, 0.29) is 6.10 Å². The number of epoxide rings is 1. The van der Waals surface area contributed by atoms with E-state index in [2.05, 4.69) is 43.0 Å². The standard InChI is InChI=1S/C9H10O.C9H12O.C9H10.6C2H6/c1-2-4-8(5-3-1)6-9-7-10-9;1-8(10)7-9-5-3-2-4-6-9;1-2-6-9-7-4-3-5-8-9;6*1-2/h1-5,9H,6-7H2;2-6,8,10H,7H2,1H3;2-5,7-8H,1,6H2;6*1-2H3. The topological polar surface area (TPSA) is 32.8 Å². The highest BCUT2D eigenvalue weighted by atomic mass is 16.6. The summed E-state index contributed by atoms with van der Waals surface area (Å²) in [5.41, 5.74) is 3.90. The Hall–Kier alpha value is -2.68. The van der Waals surface area contributed by atoms with Crippen LogP contribution in [0.2, 0.25) is 0 Å². The highest BCUT2D eigenvalue weighted by molar-refractivity contribution is 5.17. The van der Waals surface area contributed by atoms with Crippen LogP contribution in [0.25, 0.3) is 0 Å². The fourth-order valence-corrected chi connectivity index (χ4v) is 2.80. The van der Waals surface area contributed by atoms with Gasteiger partial charge in [-0.25, -0.2) is 0 Å². The zero-order chi connectivity index (χ0) is 32.7. The van der Waals surface area contributed by atoms with Gasteiger partial charge in [0, 0.05) is 6.42 Å². The van der Waals surface area contributed by atoms with E-state index in [9.17, 15) is 0 Å². The number of hydrogen-bond donors (Lipinski definition) is 1. The quantitative estimate of drug-likeness (QED) is 0.237. The van der Waals surface area contributed by atoms with Crippen LogP contribution < -0.4 is 0 Å². The van der Waals surface area contributed by atoms with E-state index in [4.69, 9.17) is 9.84 Å². The van der Waals surface area contributed by atoms with Crippen molar-refractivity contribution in [3.8, 4) is 0 Å². The lowest BCUT2D eigenvalue weighted by Gasteiger charge is -2.01. The molecule has 2 nitrogen and oxygen atoms in total. The Kier molecular flexibility index (Phi) is 52.0. The molecule has 0 saturated carbocycles. The Bertz CT molecular complexity index is 740. The van der Waals surface area contributed by atoms with Crippen LogP contribution in [0.3, 0.4) is 0 Å². The van der Waals surface area contributed by atoms with Gasteiger partial charge in [0.25, 0.3) is 0 Å². The van der Waals surface area contributed by atoms with Gasteiger partial charge in [0.1, 0.15) is 0 Å². The Labute approximate surface area is 257 Å². The number of rotatable bonds is 6. The summed E-state index contributed by atoms with van der Waals surface area (Å²) >= 11 is 0. The lowest BCUT2D eigenvalue weighted by molar-refractivity contribution is 0.195. The van der Waals surface area contributed by atoms with E-state index in [1.807, 2.05) is 144 Å². The minimum absolute atomic E-state index is 0.234. The van der Waals surface area contributed by atoms with Crippen molar-refractivity contribution in [1.29, 1.82) is 0 Å². The van der Waals surface area contributed by atoms with Gasteiger partial charge >= 0.3 is 0 Å². The zero-order valence-corrected chi connectivity index (χ0v) is 29.3. The number of aliphatic hydroxyl groups is 1. The molecule has 2 heteroatoms. The highest BCUT2D eigenvalue weighted by Gasteiger charge is 2.21. The second-order valence-corrected chi connectivity index (χ2v) is 7.16. The number of benzene rings is 3. The number of aliphatic hydroxyl groups excluding tert-OH is 1. The Morgan fingerprint density at radius 2 is 0.951 bits per heavy atom. The SMILES string of the molecule is C=CCc1ccccc1.CC.CC.CC.CC.CC.CC.CC(O)Cc1ccccc1.c1ccc(CC2CO2)cc1. The summed E-state index contributed by atoms with van der Waals surface area (Å²) in [7, 11) is 0. The van der Waals surface area contributed by atoms with Gasteiger partial charge in [-0.05, 0) is 36.5 Å². The summed E-state index contributed by atoms with van der Waals surface area (Å²) in [6.45, 7) is 30.4. The molecule has 3 aromatic rings. The van der Waals surface area contributed by atoms with Gasteiger partial charge in [0.15, 0.2) is 0 Å². The highest BCUT2D eigenvalue weighted by Crippen LogP contribution is 2.15. The summed E-state index contributed by atoms with van der Waals surface area (Å²) in [6.07, 6.45) is 5.00. The molecule has 41 heavy (non-hydrogen) atoms. The Morgan fingerprint density at radius 1 is 0.634 bits per heavy atom. The van der Waals surface area contributed by atoms with Crippen LogP contribution in [0.4, 0.5) is 0 Å². The first-order valence-corrected chi connectivity index (χ1v) is 16.2. The van der Waals surface area contributed by atoms with Crippen molar-refractivity contribution in [3.63, 3.8) is 0 Å². The molecule has 2 atom stereocenters. The van der Waals surface area contributed by atoms with Gasteiger partial charge < -0.3 is 9.84 Å². The summed E-state index contributed by atoms with van der Waals surface area (Å²) in [5.74, 6) is 0. The Morgan fingerprint density at radius 3 is 1.24 bits per heavy atom. The third kappa shape index (κ3) is 37.3. The molecule has 0 aromatic heterocycles. The summed E-state index contributed by atoms with van der Waals surface area (Å²) < 4.78 is 5.11. The Balaban J connectivity index is -0.000000134. The van der Waals surface area contributed by atoms with Crippen molar-refractivity contribution in [3.05, 3.63) is 120 Å². The molecular formula is C39H68O2. The minimum Gasteiger partial charge on any atom is -0.393 e. The van der Waals surface area contributed by atoms with E-state index < -0.39 is 0 Å². The molecule has 0 radical (unpaired) electrons. The van der Waals surface area contributed by atoms with Gasteiger partial charge in [-0.15, -0.1) is 6.58 Å². The van der Waals surface area contributed by atoms with Gasteiger partial charge in [0.2, 0.25) is 0 Å². The predicted molar refractivity (Wildman–Crippen MR) is 190 cm³/mol. The first kappa shape index (κ1) is 48.1. The maximum atomic E-state index is 9.01. The first-order valence-electron chi connectivity index (χ1n) is 16.2. The fourth-order valence-electron chi connectivity index (χ4n) is 2.80. The van der Waals surface area contributed by atoms with Crippen LogP contribution >= 0.6 is 0 Å². The molecular weight excluding hydrogens is 500 g/mol. The smallest absolute Gasteiger partial charge is 0.0850 e. The molecule has 2 unspecified atom stereocenters. The monoisotopic (exact) mass is 569 g/mol. The van der Waals surface area contributed by atoms with E-state index in [0.29, 0.717) is 6.10 Å². The molecule has 1 fully saturated rings. The lowest BCUT2D eigenvalue weighted by Crippen LogP contribution is -2.03. The van der Waals surface area contributed by atoms with Crippen LogP contribution in [0.15, 0.2) is 104 Å². The van der Waals surface area contributed by atoms with E-state index >= 15 is 0 Å². The molecule has 236 valence electrons. The number of hydrogen-bond acceptors (Lipinski definition) is 2. The first-order chi connectivity index (χ1) is 20.2. The van der Waals surface area contributed by atoms with Crippen molar-refractivity contribution >= 4 is 0 Å². The van der Waals surface area contributed by atoms with Crippen LogP contribution in [-0.4, -0.2) is 23.9 Å². The van der Waals surface area contributed by atoms with Crippen molar-refractivity contribution in [1.82, 2.24) is 0 Å². The average molecular weight is 569 g/mol. The zero-order valence-electron chi connectivity index (χ0n) is 29.3. The number of ether oxygens (including phenoxy) is 1. The number of allylic oxidation sites excluding steroid dienone is 1. The van der Waals surface area contributed by atoms with Crippen LogP contribution in [-0.2, 0) is 24.0 Å². The third-order valence-electron chi connectivity index (χ3n) is 4.31. The molecule has 0 spiro atoms. The minimum atomic E-state index is -0.234. The summed E-state index contributed by atoms with van der Waals surface area (Å²) in [5, 5.41) is 9.01. The molecule has 1 heterocycles.